The third-order valence-corrected chi connectivity index (χ3v) is 5.02. The summed E-state index contributed by atoms with van der Waals surface area (Å²) in [6.07, 6.45) is 0.366. The minimum absolute atomic E-state index is 0.0902. The Bertz CT molecular complexity index is 839. The molecule has 2 heterocycles. The van der Waals surface area contributed by atoms with Crippen LogP contribution in [0, 0.1) is 19.8 Å². The minimum atomic E-state index is 0.0902. The number of carbonyl (C=O) groups excluding carboxylic acids is 1. The van der Waals surface area contributed by atoms with E-state index in [0.29, 0.717) is 25.5 Å². The van der Waals surface area contributed by atoms with Gasteiger partial charge in [-0.1, -0.05) is 13.8 Å². The largest absolute Gasteiger partial charge is 0.489 e. The van der Waals surface area contributed by atoms with Gasteiger partial charge < -0.3 is 14.5 Å². The molecule has 0 radical (unpaired) electrons. The van der Waals surface area contributed by atoms with Crippen molar-refractivity contribution < 1.29 is 9.53 Å². The fourth-order valence-electron chi connectivity index (χ4n) is 3.51. The number of fused-ring (bicyclic) bond motifs is 1. The highest BCUT2D eigenvalue weighted by Gasteiger charge is 2.26. The second-order valence-electron chi connectivity index (χ2n) is 7.84. The van der Waals surface area contributed by atoms with E-state index in [0.717, 1.165) is 40.6 Å². The van der Waals surface area contributed by atoms with Crippen LogP contribution in [-0.4, -0.2) is 42.9 Å². The lowest BCUT2D eigenvalue weighted by atomic mass is 10.1. The summed E-state index contributed by atoms with van der Waals surface area (Å²) < 4.78 is 7.83. The number of benzene rings is 1. The number of hydrogen-bond acceptors (Lipinski definition) is 4. The van der Waals surface area contributed by atoms with Gasteiger partial charge in [0, 0.05) is 43.7 Å². The average molecular weight is 370 g/mol. The first-order chi connectivity index (χ1) is 12.8. The van der Waals surface area contributed by atoms with Crippen LogP contribution in [-0.2, 0) is 17.8 Å². The van der Waals surface area contributed by atoms with Gasteiger partial charge in [-0.2, -0.15) is 5.10 Å². The second-order valence-corrected chi connectivity index (χ2v) is 7.84. The number of hydrogen-bond donors (Lipinski definition) is 0. The van der Waals surface area contributed by atoms with Crippen LogP contribution in [0.1, 0.15) is 30.8 Å². The summed E-state index contributed by atoms with van der Waals surface area (Å²) in [5.41, 5.74) is 4.98. The molecule has 1 aromatic carbocycles. The zero-order valence-electron chi connectivity index (χ0n) is 17.2. The van der Waals surface area contributed by atoms with Gasteiger partial charge >= 0.3 is 0 Å². The highest BCUT2D eigenvalue weighted by atomic mass is 16.5. The first-order valence-corrected chi connectivity index (χ1v) is 9.55. The van der Waals surface area contributed by atoms with Gasteiger partial charge in [-0.25, -0.2) is 0 Å². The minimum Gasteiger partial charge on any atom is -0.489 e. The van der Waals surface area contributed by atoms with E-state index in [2.05, 4.69) is 25.9 Å². The number of carbonyl (C=O) groups is 1. The topological polar surface area (TPSA) is 50.6 Å². The van der Waals surface area contributed by atoms with Crippen molar-refractivity contribution in [3.8, 4) is 5.75 Å². The van der Waals surface area contributed by atoms with Crippen LogP contribution >= 0.6 is 0 Å². The van der Waals surface area contributed by atoms with Crippen molar-refractivity contribution in [2.75, 3.05) is 37.0 Å². The molecule has 1 aromatic heterocycles. The molecule has 0 spiro atoms. The zero-order chi connectivity index (χ0) is 19.7. The average Bonchev–Trinajstić information content (AvgIpc) is 2.87. The quantitative estimate of drug-likeness (QED) is 0.811. The molecule has 0 saturated carbocycles. The Hall–Kier alpha value is -2.50. The van der Waals surface area contributed by atoms with Gasteiger partial charge in [0.15, 0.2) is 0 Å². The monoisotopic (exact) mass is 370 g/mol. The summed E-state index contributed by atoms with van der Waals surface area (Å²) >= 11 is 0. The summed E-state index contributed by atoms with van der Waals surface area (Å²) in [7, 11) is 3.99. The maximum atomic E-state index is 13.1. The molecule has 27 heavy (non-hydrogen) atoms. The van der Waals surface area contributed by atoms with Crippen molar-refractivity contribution >= 4 is 17.3 Å². The van der Waals surface area contributed by atoms with Gasteiger partial charge in [0.05, 0.1) is 24.3 Å². The summed E-state index contributed by atoms with van der Waals surface area (Å²) in [5, 5.41) is 4.64. The van der Waals surface area contributed by atoms with Crippen LogP contribution < -0.4 is 14.5 Å². The molecule has 0 atom stereocenters. The Morgan fingerprint density at radius 1 is 1.30 bits per heavy atom. The lowest BCUT2D eigenvalue weighted by Crippen LogP contribution is -2.39. The van der Waals surface area contributed by atoms with Gasteiger partial charge in [-0.15, -0.1) is 0 Å². The van der Waals surface area contributed by atoms with E-state index in [4.69, 9.17) is 4.74 Å². The maximum absolute atomic E-state index is 13.1. The number of rotatable bonds is 5. The van der Waals surface area contributed by atoms with Crippen LogP contribution in [0.15, 0.2) is 18.2 Å². The lowest BCUT2D eigenvalue weighted by molar-refractivity contribution is -0.118. The predicted molar refractivity (Wildman–Crippen MR) is 109 cm³/mol. The SMILES string of the molecule is Cc1nn(CC(C)C)c(C)c1CC(=O)N1CCOc2cc(N(C)C)ccc21. The van der Waals surface area contributed by atoms with Gasteiger partial charge in [0.25, 0.3) is 0 Å². The van der Waals surface area contributed by atoms with Gasteiger partial charge in [-0.05, 0) is 31.9 Å². The van der Waals surface area contributed by atoms with Crippen molar-refractivity contribution in [3.63, 3.8) is 0 Å². The highest BCUT2D eigenvalue weighted by Crippen LogP contribution is 2.35. The number of amides is 1. The van der Waals surface area contributed by atoms with Crippen molar-refractivity contribution in [1.29, 1.82) is 0 Å². The standard InChI is InChI=1S/C21H30N4O2/c1-14(2)13-25-16(4)18(15(3)22-25)12-21(26)24-9-10-27-20-11-17(23(5)6)7-8-19(20)24/h7-8,11,14H,9-10,12-13H2,1-6H3. The fraction of sp³-hybridized carbons (Fsp3) is 0.524. The van der Waals surface area contributed by atoms with Crippen molar-refractivity contribution in [2.24, 2.45) is 5.92 Å². The van der Waals surface area contributed by atoms with Gasteiger partial charge in [0.1, 0.15) is 12.4 Å². The Balaban J connectivity index is 1.83. The molecule has 1 aliphatic heterocycles. The molecule has 6 heteroatoms. The third kappa shape index (κ3) is 3.94. The third-order valence-electron chi connectivity index (χ3n) is 5.02. The Kier molecular flexibility index (Phi) is 5.44. The summed E-state index contributed by atoms with van der Waals surface area (Å²) in [6, 6.07) is 5.99. The van der Waals surface area contributed by atoms with Gasteiger partial charge in [0.2, 0.25) is 5.91 Å². The first-order valence-electron chi connectivity index (χ1n) is 9.55. The normalized spacial score (nSPS) is 13.5. The molecule has 3 rings (SSSR count). The molecular weight excluding hydrogens is 340 g/mol. The predicted octanol–water partition coefficient (Wildman–Crippen LogP) is 3.19. The van der Waals surface area contributed by atoms with E-state index < -0.39 is 0 Å². The molecule has 0 N–H and O–H groups in total. The van der Waals surface area contributed by atoms with Gasteiger partial charge in [-0.3, -0.25) is 9.48 Å². The van der Waals surface area contributed by atoms with Crippen LogP contribution in [0.25, 0.3) is 0 Å². The zero-order valence-corrected chi connectivity index (χ0v) is 17.2. The molecule has 146 valence electrons. The number of nitrogens with zero attached hydrogens (tertiary/aromatic N) is 4. The maximum Gasteiger partial charge on any atom is 0.231 e. The molecular formula is C21H30N4O2. The molecule has 0 unspecified atom stereocenters. The van der Waals surface area contributed by atoms with Crippen LogP contribution in [0.4, 0.5) is 11.4 Å². The molecule has 0 saturated heterocycles. The van der Waals surface area contributed by atoms with E-state index in [9.17, 15) is 4.79 Å². The summed E-state index contributed by atoms with van der Waals surface area (Å²) in [6.45, 7) is 10.4. The van der Waals surface area contributed by atoms with Crippen LogP contribution in [0.2, 0.25) is 0 Å². The molecule has 0 bridgehead atoms. The second kappa shape index (κ2) is 7.62. The molecule has 6 nitrogen and oxygen atoms in total. The summed E-state index contributed by atoms with van der Waals surface area (Å²) in [5.74, 6) is 1.38. The number of anilines is 2. The number of ether oxygens (including phenoxy) is 1. The van der Waals surface area contributed by atoms with Crippen LogP contribution in [0.3, 0.4) is 0 Å². The van der Waals surface area contributed by atoms with Crippen molar-refractivity contribution in [1.82, 2.24) is 9.78 Å². The van der Waals surface area contributed by atoms with E-state index in [1.165, 1.54) is 0 Å². The first kappa shape index (κ1) is 19.3. The van der Waals surface area contributed by atoms with E-state index in [1.807, 2.05) is 53.7 Å². The Labute approximate surface area is 161 Å². The highest BCUT2D eigenvalue weighted by molar-refractivity contribution is 5.97. The van der Waals surface area contributed by atoms with Crippen LogP contribution in [0.5, 0.6) is 5.75 Å². The molecule has 0 fully saturated rings. The smallest absolute Gasteiger partial charge is 0.231 e. The van der Waals surface area contributed by atoms with Crippen molar-refractivity contribution in [3.05, 3.63) is 35.2 Å². The molecule has 1 aliphatic rings. The fourth-order valence-corrected chi connectivity index (χ4v) is 3.51. The molecule has 1 amide bonds. The Morgan fingerprint density at radius 3 is 2.70 bits per heavy atom. The molecule has 0 aliphatic carbocycles. The number of aromatic nitrogens is 2. The number of aryl methyl sites for hydroxylation is 1. The Morgan fingerprint density at radius 2 is 2.04 bits per heavy atom. The molecule has 2 aromatic rings. The summed E-state index contributed by atoms with van der Waals surface area (Å²) in [4.78, 5) is 17.0. The van der Waals surface area contributed by atoms with E-state index in [1.54, 1.807) is 0 Å². The van der Waals surface area contributed by atoms with E-state index >= 15 is 0 Å². The van der Waals surface area contributed by atoms with Crippen molar-refractivity contribution in [2.45, 2.75) is 40.7 Å². The lowest BCUT2D eigenvalue weighted by Gasteiger charge is -2.30. The van der Waals surface area contributed by atoms with E-state index in [-0.39, 0.29) is 5.91 Å².